The Morgan fingerprint density at radius 1 is 0.931 bits per heavy atom. The summed E-state index contributed by atoms with van der Waals surface area (Å²) >= 11 is 5.82. The van der Waals surface area contributed by atoms with Gasteiger partial charge in [-0.3, -0.25) is 0 Å². The molecule has 0 atom stereocenters. The minimum absolute atomic E-state index is 0.299. The summed E-state index contributed by atoms with van der Waals surface area (Å²) in [5.41, 5.74) is 7.94. The van der Waals surface area contributed by atoms with Crippen LogP contribution in [0.25, 0.3) is 32.9 Å². The SMILES string of the molecule is NCCCCc1c(-c2ccc(Cl)c(C(F)(F)F)c2)[nH]c2c1ccc1ccccc12. The van der Waals surface area contributed by atoms with Gasteiger partial charge in [0, 0.05) is 16.5 Å². The topological polar surface area (TPSA) is 41.8 Å². The van der Waals surface area contributed by atoms with E-state index >= 15 is 0 Å². The number of aryl methyl sites for hydroxylation is 1. The fourth-order valence-corrected chi connectivity index (χ4v) is 4.07. The van der Waals surface area contributed by atoms with Crippen molar-refractivity contribution in [3.8, 4) is 11.3 Å². The minimum Gasteiger partial charge on any atom is -0.354 e. The molecule has 150 valence electrons. The van der Waals surface area contributed by atoms with E-state index in [0.717, 1.165) is 52.6 Å². The molecule has 3 aromatic carbocycles. The predicted molar refractivity (Wildman–Crippen MR) is 113 cm³/mol. The van der Waals surface area contributed by atoms with E-state index < -0.39 is 11.7 Å². The van der Waals surface area contributed by atoms with E-state index in [2.05, 4.69) is 4.98 Å². The van der Waals surface area contributed by atoms with E-state index in [1.54, 1.807) is 6.07 Å². The van der Waals surface area contributed by atoms with Gasteiger partial charge in [0.05, 0.1) is 16.1 Å². The summed E-state index contributed by atoms with van der Waals surface area (Å²) in [6.07, 6.45) is -2.06. The number of alkyl halides is 3. The molecule has 0 aliphatic heterocycles. The molecule has 0 bridgehead atoms. The largest absolute Gasteiger partial charge is 0.417 e. The normalized spacial score (nSPS) is 12.2. The molecule has 0 saturated heterocycles. The fraction of sp³-hybridized carbons (Fsp3) is 0.217. The second-order valence-electron chi connectivity index (χ2n) is 7.13. The Bertz CT molecular complexity index is 1180. The summed E-state index contributed by atoms with van der Waals surface area (Å²) < 4.78 is 40.2. The Balaban J connectivity index is 1.95. The van der Waals surface area contributed by atoms with Gasteiger partial charge in [-0.1, -0.05) is 54.1 Å². The number of rotatable bonds is 5. The molecule has 6 heteroatoms. The van der Waals surface area contributed by atoms with E-state index in [4.69, 9.17) is 17.3 Å². The Kier molecular flexibility index (Phi) is 5.28. The summed E-state index contributed by atoms with van der Waals surface area (Å²) in [6.45, 7) is 0.583. The number of H-pyrrole nitrogens is 1. The van der Waals surface area contributed by atoms with Crippen molar-refractivity contribution in [1.82, 2.24) is 4.98 Å². The van der Waals surface area contributed by atoms with Crippen molar-refractivity contribution in [2.24, 2.45) is 5.73 Å². The second-order valence-corrected chi connectivity index (χ2v) is 7.53. The molecule has 0 saturated carbocycles. The maximum absolute atomic E-state index is 13.4. The summed E-state index contributed by atoms with van der Waals surface area (Å²) in [5, 5.41) is 2.85. The van der Waals surface area contributed by atoms with Crippen molar-refractivity contribution in [1.29, 1.82) is 0 Å². The molecule has 1 heterocycles. The van der Waals surface area contributed by atoms with E-state index in [-0.39, 0.29) is 5.02 Å². The molecule has 0 fully saturated rings. The molecule has 29 heavy (non-hydrogen) atoms. The number of hydrogen-bond acceptors (Lipinski definition) is 1. The van der Waals surface area contributed by atoms with Crippen LogP contribution < -0.4 is 5.73 Å². The summed E-state index contributed by atoms with van der Waals surface area (Å²) in [7, 11) is 0. The van der Waals surface area contributed by atoms with Gasteiger partial charge in [-0.2, -0.15) is 13.2 Å². The van der Waals surface area contributed by atoms with Gasteiger partial charge < -0.3 is 10.7 Å². The number of aromatic nitrogens is 1. The van der Waals surface area contributed by atoms with Crippen molar-refractivity contribution in [3.63, 3.8) is 0 Å². The zero-order valence-electron chi connectivity index (χ0n) is 15.6. The van der Waals surface area contributed by atoms with Crippen LogP contribution in [-0.2, 0) is 12.6 Å². The van der Waals surface area contributed by atoms with Crippen molar-refractivity contribution < 1.29 is 13.2 Å². The first-order valence-corrected chi connectivity index (χ1v) is 9.87. The quantitative estimate of drug-likeness (QED) is 0.340. The van der Waals surface area contributed by atoms with Gasteiger partial charge in [0.2, 0.25) is 0 Å². The van der Waals surface area contributed by atoms with Gasteiger partial charge in [-0.15, -0.1) is 0 Å². The second kappa shape index (κ2) is 7.73. The maximum atomic E-state index is 13.4. The van der Waals surface area contributed by atoms with Gasteiger partial charge in [0.1, 0.15) is 0 Å². The summed E-state index contributed by atoms with van der Waals surface area (Å²) in [4.78, 5) is 3.41. The molecule has 1 aromatic heterocycles. The average Bonchev–Trinajstić information content (AvgIpc) is 3.07. The molecule has 2 nitrogen and oxygen atoms in total. The first-order chi connectivity index (χ1) is 13.9. The first kappa shape index (κ1) is 19.8. The molecule has 3 N–H and O–H groups in total. The van der Waals surface area contributed by atoms with Crippen LogP contribution in [-0.4, -0.2) is 11.5 Å². The van der Waals surface area contributed by atoms with Gasteiger partial charge in [0.15, 0.2) is 0 Å². The number of benzene rings is 3. The van der Waals surface area contributed by atoms with Crippen LogP contribution in [0.5, 0.6) is 0 Å². The third kappa shape index (κ3) is 3.72. The predicted octanol–water partition coefficient (Wildman–Crippen LogP) is 6.94. The van der Waals surface area contributed by atoms with Gasteiger partial charge in [-0.05, 0) is 54.5 Å². The van der Waals surface area contributed by atoms with Gasteiger partial charge >= 0.3 is 6.18 Å². The number of hydrogen-bond donors (Lipinski definition) is 2. The molecule has 0 aliphatic carbocycles. The van der Waals surface area contributed by atoms with Gasteiger partial charge in [0.25, 0.3) is 0 Å². The summed E-state index contributed by atoms with van der Waals surface area (Å²) in [6, 6.07) is 16.1. The lowest BCUT2D eigenvalue weighted by Gasteiger charge is -2.12. The molecule has 0 spiro atoms. The van der Waals surface area contributed by atoms with Crippen LogP contribution in [0.2, 0.25) is 5.02 Å². The molecule has 0 aliphatic rings. The third-order valence-electron chi connectivity index (χ3n) is 5.25. The fourth-order valence-electron chi connectivity index (χ4n) is 3.84. The zero-order chi connectivity index (χ0) is 20.6. The lowest BCUT2D eigenvalue weighted by atomic mass is 9.98. The zero-order valence-corrected chi connectivity index (χ0v) is 16.4. The third-order valence-corrected chi connectivity index (χ3v) is 5.58. The lowest BCUT2D eigenvalue weighted by Crippen LogP contribution is -2.06. The highest BCUT2D eigenvalue weighted by Gasteiger charge is 2.33. The monoisotopic (exact) mass is 416 g/mol. The highest BCUT2D eigenvalue weighted by atomic mass is 35.5. The van der Waals surface area contributed by atoms with Crippen LogP contribution in [0.4, 0.5) is 13.2 Å². The van der Waals surface area contributed by atoms with Crippen molar-refractivity contribution in [3.05, 3.63) is 70.7 Å². The number of unbranched alkanes of at least 4 members (excludes halogenated alkanes) is 1. The van der Waals surface area contributed by atoms with E-state index in [1.165, 1.54) is 6.07 Å². The summed E-state index contributed by atoms with van der Waals surface area (Å²) in [5.74, 6) is 0. The van der Waals surface area contributed by atoms with Gasteiger partial charge in [-0.25, -0.2) is 0 Å². The van der Waals surface area contributed by atoms with Crippen LogP contribution in [0.15, 0.2) is 54.6 Å². The van der Waals surface area contributed by atoms with Crippen LogP contribution in [0, 0.1) is 0 Å². The Morgan fingerprint density at radius 3 is 2.48 bits per heavy atom. The lowest BCUT2D eigenvalue weighted by molar-refractivity contribution is -0.137. The number of nitrogens with two attached hydrogens (primary N) is 1. The number of halogens is 4. The maximum Gasteiger partial charge on any atom is 0.417 e. The molecule has 4 rings (SSSR count). The smallest absolute Gasteiger partial charge is 0.354 e. The molecular weight excluding hydrogens is 397 g/mol. The van der Waals surface area contributed by atoms with Crippen LogP contribution in [0.3, 0.4) is 0 Å². The standard InChI is InChI=1S/C23H20ClF3N2/c24-20-11-9-15(13-19(20)23(25,26)27)21-17(7-3-4-12-28)18-10-8-14-5-1-2-6-16(14)22(18)29-21/h1-2,5-6,8-11,13,29H,3-4,7,12,28H2. The number of nitrogens with one attached hydrogen (secondary N) is 1. The van der Waals surface area contributed by atoms with Crippen molar-refractivity contribution >= 4 is 33.3 Å². The highest BCUT2D eigenvalue weighted by molar-refractivity contribution is 6.31. The number of fused-ring (bicyclic) bond motifs is 3. The average molecular weight is 417 g/mol. The van der Waals surface area contributed by atoms with E-state index in [9.17, 15) is 13.2 Å². The molecule has 4 aromatic rings. The Morgan fingerprint density at radius 2 is 1.72 bits per heavy atom. The van der Waals surface area contributed by atoms with Crippen LogP contribution >= 0.6 is 11.6 Å². The molecule has 0 amide bonds. The van der Waals surface area contributed by atoms with Crippen LogP contribution in [0.1, 0.15) is 24.0 Å². The highest BCUT2D eigenvalue weighted by Crippen LogP contribution is 2.40. The number of aromatic amines is 1. The van der Waals surface area contributed by atoms with E-state index in [1.807, 2.05) is 36.4 Å². The molecule has 0 unspecified atom stereocenters. The Hall–Kier alpha value is -2.50. The Labute approximate surface area is 171 Å². The first-order valence-electron chi connectivity index (χ1n) is 9.49. The minimum atomic E-state index is -4.51. The molecular formula is C23H20ClF3N2. The van der Waals surface area contributed by atoms with Crippen molar-refractivity contribution in [2.75, 3.05) is 6.54 Å². The van der Waals surface area contributed by atoms with E-state index in [0.29, 0.717) is 17.8 Å². The molecule has 0 radical (unpaired) electrons. The van der Waals surface area contributed by atoms with Crippen molar-refractivity contribution in [2.45, 2.75) is 25.4 Å².